The predicted octanol–water partition coefficient (Wildman–Crippen LogP) is 3.99. The van der Waals surface area contributed by atoms with Crippen LogP contribution in [0.4, 0.5) is 10.1 Å². The van der Waals surface area contributed by atoms with Gasteiger partial charge in [-0.05, 0) is 29.7 Å². The van der Waals surface area contributed by atoms with E-state index < -0.39 is 11.9 Å². The Morgan fingerprint density at radius 2 is 1.96 bits per heavy atom. The molecule has 0 radical (unpaired) electrons. The lowest BCUT2D eigenvalue weighted by Crippen LogP contribution is -2.47. The molecule has 1 atom stereocenters. The molecule has 142 valence electrons. The Bertz CT molecular complexity index is 1080. The number of pyridine rings is 1. The highest BCUT2D eigenvalue weighted by Gasteiger charge is 2.37. The Kier molecular flexibility index (Phi) is 4.55. The van der Waals surface area contributed by atoms with E-state index in [2.05, 4.69) is 10.3 Å². The van der Waals surface area contributed by atoms with Gasteiger partial charge in [-0.25, -0.2) is 4.39 Å². The molecule has 2 aromatic carbocycles. The van der Waals surface area contributed by atoms with Gasteiger partial charge < -0.3 is 10.2 Å². The molecule has 3 aromatic rings. The van der Waals surface area contributed by atoms with Crippen LogP contribution in [0.2, 0.25) is 0 Å². The van der Waals surface area contributed by atoms with E-state index in [1.165, 1.54) is 12.3 Å². The first-order valence-electron chi connectivity index (χ1n) is 9.19. The summed E-state index contributed by atoms with van der Waals surface area (Å²) in [6.07, 6.45) is 1.43. The molecule has 0 saturated carbocycles. The minimum absolute atomic E-state index is 0.0795. The van der Waals surface area contributed by atoms with Crippen molar-refractivity contribution in [3.05, 3.63) is 71.7 Å². The Labute approximate surface area is 162 Å². The van der Waals surface area contributed by atoms with Gasteiger partial charge in [0.05, 0.1) is 11.9 Å². The highest BCUT2D eigenvalue weighted by atomic mass is 19.1. The molecule has 2 heterocycles. The summed E-state index contributed by atoms with van der Waals surface area (Å²) in [5.74, 6) is -0.906. The molecule has 0 saturated heterocycles. The lowest BCUT2D eigenvalue weighted by molar-refractivity contribution is -0.122. The summed E-state index contributed by atoms with van der Waals surface area (Å²) in [7, 11) is 0. The van der Waals surface area contributed by atoms with Crippen molar-refractivity contribution in [3.8, 4) is 0 Å². The van der Waals surface area contributed by atoms with Crippen molar-refractivity contribution in [3.63, 3.8) is 0 Å². The van der Waals surface area contributed by atoms with E-state index in [9.17, 15) is 14.0 Å². The molecule has 0 bridgehead atoms. The van der Waals surface area contributed by atoms with Crippen molar-refractivity contribution in [1.82, 2.24) is 9.88 Å². The van der Waals surface area contributed by atoms with E-state index in [1.54, 1.807) is 29.2 Å². The summed E-state index contributed by atoms with van der Waals surface area (Å²) in [6.45, 7) is 4.23. The van der Waals surface area contributed by atoms with E-state index in [0.717, 1.165) is 5.56 Å². The minimum Gasteiger partial charge on any atom is -0.323 e. The Morgan fingerprint density at radius 3 is 2.71 bits per heavy atom. The van der Waals surface area contributed by atoms with E-state index in [4.69, 9.17) is 0 Å². The number of carbonyl (C=O) groups is 2. The summed E-state index contributed by atoms with van der Waals surface area (Å²) < 4.78 is 13.8. The number of halogens is 1. The van der Waals surface area contributed by atoms with Crippen molar-refractivity contribution < 1.29 is 14.0 Å². The maximum absolute atomic E-state index is 13.8. The average molecular weight is 377 g/mol. The molecule has 0 fully saturated rings. The zero-order valence-corrected chi connectivity index (χ0v) is 15.6. The normalized spacial score (nSPS) is 14.4. The average Bonchev–Trinajstić information content (AvgIpc) is 2.98. The maximum atomic E-state index is 13.8. The molecule has 1 N–H and O–H groups in total. The van der Waals surface area contributed by atoms with Crippen LogP contribution in [0.15, 0.2) is 54.7 Å². The van der Waals surface area contributed by atoms with Crippen LogP contribution in [0, 0.1) is 11.7 Å². The second kappa shape index (κ2) is 7.03. The number of carbonyl (C=O) groups excluding carboxylic acids is 2. The number of hydrogen-bond donors (Lipinski definition) is 1. The fourth-order valence-electron chi connectivity index (χ4n) is 3.71. The molecule has 4 rings (SSSR count). The topological polar surface area (TPSA) is 62.3 Å². The number of benzene rings is 2. The summed E-state index contributed by atoms with van der Waals surface area (Å²) in [4.78, 5) is 31.6. The van der Waals surface area contributed by atoms with Crippen LogP contribution < -0.4 is 5.32 Å². The van der Waals surface area contributed by atoms with Crippen molar-refractivity contribution in [2.24, 2.45) is 5.92 Å². The van der Waals surface area contributed by atoms with Gasteiger partial charge in [0.1, 0.15) is 17.4 Å². The first-order valence-corrected chi connectivity index (χ1v) is 9.19. The van der Waals surface area contributed by atoms with Gasteiger partial charge in [0.15, 0.2) is 0 Å². The van der Waals surface area contributed by atoms with Gasteiger partial charge in [-0.1, -0.05) is 44.2 Å². The SMILES string of the molecule is CC(C)[C@@H](C(=O)Nc1cnc2c(F)cccc2c1)N1Cc2ccccc2C1=O. The number of amides is 2. The van der Waals surface area contributed by atoms with E-state index in [1.807, 2.05) is 32.0 Å². The molecule has 1 aliphatic heterocycles. The van der Waals surface area contributed by atoms with Crippen LogP contribution in [-0.2, 0) is 11.3 Å². The van der Waals surface area contributed by atoms with Gasteiger partial charge in [0, 0.05) is 17.5 Å². The Balaban J connectivity index is 1.59. The zero-order valence-electron chi connectivity index (χ0n) is 15.6. The molecule has 1 aromatic heterocycles. The number of para-hydroxylation sites is 1. The molecular formula is C22H20FN3O2. The predicted molar refractivity (Wildman–Crippen MR) is 105 cm³/mol. The fraction of sp³-hybridized carbons (Fsp3) is 0.227. The molecule has 0 aliphatic carbocycles. The van der Waals surface area contributed by atoms with Crippen LogP contribution in [0.25, 0.3) is 10.9 Å². The third-order valence-electron chi connectivity index (χ3n) is 5.01. The van der Waals surface area contributed by atoms with E-state index in [-0.39, 0.29) is 23.2 Å². The number of hydrogen-bond acceptors (Lipinski definition) is 3. The summed E-state index contributed by atoms with van der Waals surface area (Å²) in [5, 5.41) is 3.44. The van der Waals surface area contributed by atoms with Crippen LogP contribution in [-0.4, -0.2) is 27.7 Å². The Hall–Kier alpha value is -3.28. The lowest BCUT2D eigenvalue weighted by Gasteiger charge is -2.29. The second-order valence-corrected chi connectivity index (χ2v) is 7.30. The molecular weight excluding hydrogens is 357 g/mol. The largest absolute Gasteiger partial charge is 0.323 e. The highest BCUT2D eigenvalue weighted by Crippen LogP contribution is 2.28. The maximum Gasteiger partial charge on any atom is 0.255 e. The molecule has 1 aliphatic rings. The number of fused-ring (bicyclic) bond motifs is 2. The summed E-state index contributed by atoms with van der Waals surface area (Å²) in [5.41, 5.74) is 2.29. The molecule has 6 heteroatoms. The monoisotopic (exact) mass is 377 g/mol. The van der Waals surface area contributed by atoms with Crippen LogP contribution in [0.3, 0.4) is 0 Å². The second-order valence-electron chi connectivity index (χ2n) is 7.30. The van der Waals surface area contributed by atoms with Crippen molar-refractivity contribution in [2.45, 2.75) is 26.4 Å². The van der Waals surface area contributed by atoms with Crippen molar-refractivity contribution in [1.29, 1.82) is 0 Å². The van der Waals surface area contributed by atoms with Gasteiger partial charge in [-0.3, -0.25) is 14.6 Å². The zero-order chi connectivity index (χ0) is 19.8. The fourth-order valence-corrected chi connectivity index (χ4v) is 3.71. The molecule has 5 nitrogen and oxygen atoms in total. The number of anilines is 1. The van der Waals surface area contributed by atoms with E-state index in [0.29, 0.717) is 23.2 Å². The Morgan fingerprint density at radius 1 is 1.18 bits per heavy atom. The van der Waals surface area contributed by atoms with Gasteiger partial charge in [0.2, 0.25) is 5.91 Å². The minimum atomic E-state index is -0.622. The first-order chi connectivity index (χ1) is 13.5. The standard InChI is InChI=1S/C22H20FN3O2/c1-13(2)20(26-12-15-6-3-4-8-17(15)22(26)28)21(27)25-16-10-14-7-5-9-18(23)19(14)24-11-16/h3-11,13,20H,12H2,1-2H3,(H,25,27)/t20-/m0/s1. The quantitative estimate of drug-likeness (QED) is 0.748. The number of aromatic nitrogens is 1. The van der Waals surface area contributed by atoms with Crippen LogP contribution in [0.1, 0.15) is 29.8 Å². The lowest BCUT2D eigenvalue weighted by atomic mass is 10.0. The molecule has 0 unspecified atom stereocenters. The van der Waals surface area contributed by atoms with Crippen molar-refractivity contribution >= 4 is 28.4 Å². The van der Waals surface area contributed by atoms with Gasteiger partial charge in [-0.2, -0.15) is 0 Å². The first kappa shape index (κ1) is 18.1. The van der Waals surface area contributed by atoms with Crippen LogP contribution in [0.5, 0.6) is 0 Å². The van der Waals surface area contributed by atoms with Gasteiger partial charge >= 0.3 is 0 Å². The molecule has 0 spiro atoms. The van der Waals surface area contributed by atoms with Gasteiger partial charge in [-0.15, -0.1) is 0 Å². The molecule has 28 heavy (non-hydrogen) atoms. The molecule has 2 amide bonds. The summed E-state index contributed by atoms with van der Waals surface area (Å²) in [6, 6.07) is 13.1. The smallest absolute Gasteiger partial charge is 0.255 e. The highest BCUT2D eigenvalue weighted by molar-refractivity contribution is 6.04. The summed E-state index contributed by atoms with van der Waals surface area (Å²) >= 11 is 0. The third kappa shape index (κ3) is 3.11. The van der Waals surface area contributed by atoms with Gasteiger partial charge in [0.25, 0.3) is 5.91 Å². The third-order valence-corrected chi connectivity index (χ3v) is 5.01. The van der Waals surface area contributed by atoms with Crippen molar-refractivity contribution in [2.75, 3.05) is 5.32 Å². The number of nitrogens with zero attached hydrogens (tertiary/aromatic N) is 2. The van der Waals surface area contributed by atoms with Crippen LogP contribution >= 0.6 is 0 Å². The number of rotatable bonds is 4. The van der Waals surface area contributed by atoms with E-state index >= 15 is 0 Å². The number of nitrogens with one attached hydrogen (secondary N) is 1.